The summed E-state index contributed by atoms with van der Waals surface area (Å²) in [5, 5.41) is 3.37. The van der Waals surface area contributed by atoms with Crippen LogP contribution in [0.4, 0.5) is 0 Å². The highest BCUT2D eigenvalue weighted by molar-refractivity contribution is 5.10. The van der Waals surface area contributed by atoms with Gasteiger partial charge in [0.25, 0.3) is 5.56 Å². The van der Waals surface area contributed by atoms with Crippen LogP contribution in [0.15, 0.2) is 10.9 Å². The number of nitrogens with one attached hydrogen (secondary N) is 1. The van der Waals surface area contributed by atoms with Crippen molar-refractivity contribution in [2.24, 2.45) is 5.92 Å². The molecular formula is C14H21N3O. The van der Waals surface area contributed by atoms with Crippen molar-refractivity contribution in [3.8, 4) is 0 Å². The van der Waals surface area contributed by atoms with Crippen molar-refractivity contribution < 1.29 is 0 Å². The molecule has 0 saturated carbocycles. The van der Waals surface area contributed by atoms with Crippen molar-refractivity contribution in [2.75, 3.05) is 13.1 Å². The monoisotopic (exact) mass is 247 g/mol. The molecule has 2 unspecified atom stereocenters. The minimum Gasteiger partial charge on any atom is -0.316 e. The van der Waals surface area contributed by atoms with E-state index in [0.29, 0.717) is 11.8 Å². The lowest BCUT2D eigenvalue weighted by molar-refractivity contribution is 0.436. The summed E-state index contributed by atoms with van der Waals surface area (Å²) in [4.78, 5) is 16.9. The fraction of sp³-hybridized carbons (Fsp3) is 0.714. The van der Waals surface area contributed by atoms with E-state index >= 15 is 0 Å². The van der Waals surface area contributed by atoms with E-state index in [4.69, 9.17) is 4.98 Å². The predicted octanol–water partition coefficient (Wildman–Crippen LogP) is 1.29. The van der Waals surface area contributed by atoms with Crippen molar-refractivity contribution in [3.05, 3.63) is 27.9 Å². The molecule has 2 atom stereocenters. The van der Waals surface area contributed by atoms with Crippen molar-refractivity contribution >= 4 is 0 Å². The van der Waals surface area contributed by atoms with Gasteiger partial charge in [0.05, 0.1) is 0 Å². The van der Waals surface area contributed by atoms with Gasteiger partial charge in [-0.3, -0.25) is 9.36 Å². The van der Waals surface area contributed by atoms with Crippen LogP contribution < -0.4 is 10.9 Å². The number of nitrogens with zero attached hydrogens (tertiary/aromatic N) is 2. The normalized spacial score (nSPS) is 27.2. The largest absolute Gasteiger partial charge is 0.316 e. The smallest absolute Gasteiger partial charge is 0.253 e. The van der Waals surface area contributed by atoms with E-state index in [-0.39, 0.29) is 5.56 Å². The summed E-state index contributed by atoms with van der Waals surface area (Å²) in [5.41, 5.74) is 1.14. The van der Waals surface area contributed by atoms with Crippen molar-refractivity contribution in [2.45, 2.75) is 45.1 Å². The molecule has 98 valence electrons. The Morgan fingerprint density at radius 1 is 1.50 bits per heavy atom. The third-order valence-corrected chi connectivity index (χ3v) is 4.21. The lowest BCUT2D eigenvalue weighted by atomic mass is 9.99. The highest BCUT2D eigenvalue weighted by atomic mass is 16.1. The Morgan fingerprint density at radius 3 is 3.17 bits per heavy atom. The molecule has 3 heterocycles. The Balaban J connectivity index is 1.89. The van der Waals surface area contributed by atoms with Gasteiger partial charge in [0.1, 0.15) is 5.82 Å². The van der Waals surface area contributed by atoms with Gasteiger partial charge >= 0.3 is 0 Å². The molecule has 0 bridgehead atoms. The first kappa shape index (κ1) is 11.9. The number of aromatic nitrogens is 2. The van der Waals surface area contributed by atoms with Crippen LogP contribution in [-0.2, 0) is 13.0 Å². The van der Waals surface area contributed by atoms with Crippen LogP contribution in [0.3, 0.4) is 0 Å². The Bertz CT molecular complexity index is 488. The van der Waals surface area contributed by atoms with E-state index in [2.05, 4.69) is 12.2 Å². The quantitative estimate of drug-likeness (QED) is 0.856. The molecule has 0 amide bonds. The summed E-state index contributed by atoms with van der Waals surface area (Å²) in [6, 6.07) is 1.75. The average molecular weight is 247 g/mol. The summed E-state index contributed by atoms with van der Waals surface area (Å²) in [6.07, 6.45) is 4.40. The third kappa shape index (κ3) is 2.21. The van der Waals surface area contributed by atoms with E-state index in [1.54, 1.807) is 6.07 Å². The van der Waals surface area contributed by atoms with E-state index in [1.165, 1.54) is 6.42 Å². The molecule has 3 rings (SSSR count). The average Bonchev–Trinajstić information content (AvgIpc) is 2.83. The van der Waals surface area contributed by atoms with Crippen LogP contribution in [0.25, 0.3) is 0 Å². The Labute approximate surface area is 107 Å². The second-order valence-electron chi connectivity index (χ2n) is 5.70. The Morgan fingerprint density at radius 2 is 2.39 bits per heavy atom. The minimum atomic E-state index is 0.146. The van der Waals surface area contributed by atoms with Gasteiger partial charge < -0.3 is 5.32 Å². The van der Waals surface area contributed by atoms with E-state index < -0.39 is 0 Å². The second kappa shape index (κ2) is 4.84. The van der Waals surface area contributed by atoms with Crippen LogP contribution in [0.1, 0.15) is 43.6 Å². The van der Waals surface area contributed by atoms with Crippen LogP contribution in [-0.4, -0.2) is 22.6 Å². The maximum Gasteiger partial charge on any atom is 0.253 e. The standard InChI is InChI=1S/C14H21N3O/c1-10-3-2-6-17-13(18)8-12(16-14(10)17)7-11-4-5-15-9-11/h8,10-11,15H,2-7,9H2,1H3. The summed E-state index contributed by atoms with van der Waals surface area (Å²) < 4.78 is 1.87. The molecular weight excluding hydrogens is 226 g/mol. The molecule has 1 aromatic rings. The highest BCUT2D eigenvalue weighted by Crippen LogP contribution is 2.24. The number of hydrogen-bond acceptors (Lipinski definition) is 3. The van der Waals surface area contributed by atoms with Gasteiger partial charge in [-0.2, -0.15) is 0 Å². The molecule has 1 N–H and O–H groups in total. The molecule has 0 spiro atoms. The van der Waals surface area contributed by atoms with Gasteiger partial charge in [-0.1, -0.05) is 6.92 Å². The lowest BCUT2D eigenvalue weighted by Gasteiger charge is -2.23. The molecule has 18 heavy (non-hydrogen) atoms. The molecule has 0 aromatic carbocycles. The fourth-order valence-electron chi connectivity index (χ4n) is 3.15. The molecule has 2 aliphatic heterocycles. The van der Waals surface area contributed by atoms with Gasteiger partial charge in [-0.05, 0) is 44.7 Å². The van der Waals surface area contributed by atoms with E-state index in [1.807, 2.05) is 4.57 Å². The maximum atomic E-state index is 12.1. The van der Waals surface area contributed by atoms with Crippen LogP contribution >= 0.6 is 0 Å². The fourth-order valence-corrected chi connectivity index (χ4v) is 3.15. The van der Waals surface area contributed by atoms with Gasteiger partial charge in [0.2, 0.25) is 0 Å². The Hall–Kier alpha value is -1.16. The zero-order valence-electron chi connectivity index (χ0n) is 11.0. The summed E-state index contributed by atoms with van der Waals surface area (Å²) in [7, 11) is 0. The SMILES string of the molecule is CC1CCCn2c1nc(CC1CCNC1)cc2=O. The van der Waals surface area contributed by atoms with Crippen molar-refractivity contribution in [3.63, 3.8) is 0 Å². The molecule has 1 aromatic heterocycles. The summed E-state index contributed by atoms with van der Waals surface area (Å²) in [6.45, 7) is 5.19. The molecule has 2 aliphatic rings. The maximum absolute atomic E-state index is 12.1. The Kier molecular flexibility index (Phi) is 3.20. The third-order valence-electron chi connectivity index (χ3n) is 4.21. The zero-order chi connectivity index (χ0) is 12.5. The van der Waals surface area contributed by atoms with Gasteiger partial charge in [0.15, 0.2) is 0 Å². The zero-order valence-corrected chi connectivity index (χ0v) is 11.0. The van der Waals surface area contributed by atoms with Crippen molar-refractivity contribution in [1.82, 2.24) is 14.9 Å². The predicted molar refractivity (Wildman–Crippen MR) is 70.8 cm³/mol. The minimum absolute atomic E-state index is 0.146. The first-order valence-corrected chi connectivity index (χ1v) is 7.05. The topological polar surface area (TPSA) is 46.9 Å². The number of hydrogen-bond donors (Lipinski definition) is 1. The van der Waals surface area contributed by atoms with Gasteiger partial charge in [-0.25, -0.2) is 4.98 Å². The van der Waals surface area contributed by atoms with E-state index in [0.717, 1.165) is 50.4 Å². The first-order chi connectivity index (χ1) is 8.74. The lowest BCUT2D eigenvalue weighted by Crippen LogP contribution is -2.30. The molecule has 0 radical (unpaired) electrons. The van der Waals surface area contributed by atoms with Crippen LogP contribution in [0, 0.1) is 5.92 Å². The van der Waals surface area contributed by atoms with Crippen molar-refractivity contribution in [1.29, 1.82) is 0 Å². The number of rotatable bonds is 2. The first-order valence-electron chi connectivity index (χ1n) is 7.05. The summed E-state index contributed by atoms with van der Waals surface area (Å²) in [5.74, 6) is 2.08. The van der Waals surface area contributed by atoms with Crippen LogP contribution in [0.2, 0.25) is 0 Å². The molecule has 4 nitrogen and oxygen atoms in total. The van der Waals surface area contributed by atoms with Gasteiger partial charge in [-0.15, -0.1) is 0 Å². The van der Waals surface area contributed by atoms with E-state index in [9.17, 15) is 4.79 Å². The molecule has 4 heteroatoms. The van der Waals surface area contributed by atoms with Gasteiger partial charge in [0, 0.05) is 24.2 Å². The highest BCUT2D eigenvalue weighted by Gasteiger charge is 2.21. The number of fused-ring (bicyclic) bond motifs is 1. The molecule has 1 fully saturated rings. The second-order valence-corrected chi connectivity index (χ2v) is 5.70. The summed E-state index contributed by atoms with van der Waals surface area (Å²) >= 11 is 0. The molecule has 0 aliphatic carbocycles. The molecule has 1 saturated heterocycles. The van der Waals surface area contributed by atoms with Crippen LogP contribution in [0.5, 0.6) is 0 Å².